The van der Waals surface area contributed by atoms with Gasteiger partial charge in [-0.05, 0) is 23.6 Å². The minimum absolute atomic E-state index is 0.312. The lowest BCUT2D eigenvalue weighted by Crippen LogP contribution is -1.94. The number of imidazole rings is 1. The van der Waals surface area contributed by atoms with Gasteiger partial charge in [-0.3, -0.25) is 0 Å². The maximum Gasteiger partial charge on any atom is 0.170 e. The first-order valence-electron chi connectivity index (χ1n) is 5.95. The van der Waals surface area contributed by atoms with Crippen molar-refractivity contribution in [3.63, 3.8) is 0 Å². The van der Waals surface area contributed by atoms with Gasteiger partial charge in [-0.1, -0.05) is 13.0 Å². The Kier molecular flexibility index (Phi) is 2.63. The molecule has 92 valence electrons. The van der Waals surface area contributed by atoms with E-state index in [1.165, 1.54) is 6.07 Å². The standard InChI is InChI=1S/C14H13FN2O/c1-2-9-8-18-14-11(15)4-3-10(13(9)14)7-12-16-5-6-17-12/h3-6,8H,2,7H2,1H3,(H,16,17). The molecule has 0 saturated heterocycles. The molecule has 18 heavy (non-hydrogen) atoms. The number of H-pyrrole nitrogens is 1. The first-order valence-corrected chi connectivity index (χ1v) is 5.95. The number of furan rings is 1. The molecule has 0 radical (unpaired) electrons. The maximum absolute atomic E-state index is 13.7. The second-order valence-electron chi connectivity index (χ2n) is 4.24. The number of hydrogen-bond donors (Lipinski definition) is 1. The van der Waals surface area contributed by atoms with Crippen LogP contribution in [0, 0.1) is 5.82 Å². The number of benzene rings is 1. The smallest absolute Gasteiger partial charge is 0.170 e. The second-order valence-corrected chi connectivity index (χ2v) is 4.24. The number of rotatable bonds is 3. The van der Waals surface area contributed by atoms with E-state index in [0.29, 0.717) is 12.0 Å². The molecule has 2 aromatic heterocycles. The largest absolute Gasteiger partial charge is 0.461 e. The van der Waals surface area contributed by atoms with Crippen molar-refractivity contribution in [3.8, 4) is 0 Å². The Bertz CT molecular complexity index is 670. The molecule has 0 bridgehead atoms. The molecule has 3 nitrogen and oxygen atoms in total. The summed E-state index contributed by atoms with van der Waals surface area (Å²) in [7, 11) is 0. The normalized spacial score (nSPS) is 11.2. The molecule has 1 aromatic carbocycles. The fourth-order valence-electron chi connectivity index (χ4n) is 2.24. The Labute approximate surface area is 104 Å². The van der Waals surface area contributed by atoms with Gasteiger partial charge in [0, 0.05) is 24.2 Å². The highest BCUT2D eigenvalue weighted by molar-refractivity contribution is 5.85. The van der Waals surface area contributed by atoms with Gasteiger partial charge in [-0.15, -0.1) is 0 Å². The van der Waals surface area contributed by atoms with E-state index in [0.717, 1.165) is 28.8 Å². The van der Waals surface area contributed by atoms with Crippen LogP contribution in [-0.4, -0.2) is 9.97 Å². The number of halogens is 1. The summed E-state index contributed by atoms with van der Waals surface area (Å²) in [5, 5.41) is 0.883. The summed E-state index contributed by atoms with van der Waals surface area (Å²) < 4.78 is 19.0. The molecule has 0 unspecified atom stereocenters. The minimum Gasteiger partial charge on any atom is -0.461 e. The van der Waals surface area contributed by atoms with E-state index in [1.807, 2.05) is 6.92 Å². The minimum atomic E-state index is -0.312. The topological polar surface area (TPSA) is 41.8 Å². The molecule has 4 heteroatoms. The lowest BCUT2D eigenvalue weighted by atomic mass is 10.0. The zero-order valence-electron chi connectivity index (χ0n) is 10.0. The predicted octanol–water partition coefficient (Wildman–Crippen LogP) is 3.45. The van der Waals surface area contributed by atoms with Crippen molar-refractivity contribution in [2.75, 3.05) is 0 Å². The number of aromatic amines is 1. The SMILES string of the molecule is CCc1coc2c(F)ccc(Cc3ncc[nH]3)c12. The average Bonchev–Trinajstić information content (AvgIpc) is 3.01. The molecule has 0 atom stereocenters. The van der Waals surface area contributed by atoms with E-state index in [4.69, 9.17) is 4.42 Å². The number of aryl methyl sites for hydroxylation is 1. The molecule has 0 spiro atoms. The number of hydrogen-bond acceptors (Lipinski definition) is 2. The van der Waals surface area contributed by atoms with Gasteiger partial charge in [0.05, 0.1) is 6.26 Å². The van der Waals surface area contributed by atoms with Crippen molar-refractivity contribution in [2.24, 2.45) is 0 Å². The van der Waals surface area contributed by atoms with Crippen LogP contribution in [0.1, 0.15) is 23.9 Å². The first kappa shape index (κ1) is 11.0. The van der Waals surface area contributed by atoms with Crippen molar-refractivity contribution in [3.05, 3.63) is 53.6 Å². The highest BCUT2D eigenvalue weighted by Crippen LogP contribution is 2.28. The van der Waals surface area contributed by atoms with Crippen molar-refractivity contribution >= 4 is 11.0 Å². The van der Waals surface area contributed by atoms with Gasteiger partial charge in [-0.25, -0.2) is 9.37 Å². The Hall–Kier alpha value is -2.10. The molecule has 0 aliphatic rings. The number of aromatic nitrogens is 2. The number of nitrogens with zero attached hydrogens (tertiary/aromatic N) is 1. The molecule has 0 amide bonds. The molecular weight excluding hydrogens is 231 g/mol. The van der Waals surface area contributed by atoms with Gasteiger partial charge in [0.25, 0.3) is 0 Å². The van der Waals surface area contributed by atoms with Crippen molar-refractivity contribution in [1.82, 2.24) is 9.97 Å². The number of fused-ring (bicyclic) bond motifs is 1. The lowest BCUT2D eigenvalue weighted by Gasteiger charge is -2.03. The Balaban J connectivity index is 2.16. The van der Waals surface area contributed by atoms with E-state index in [1.54, 1.807) is 24.7 Å². The van der Waals surface area contributed by atoms with Crippen LogP contribution in [0.3, 0.4) is 0 Å². The first-order chi connectivity index (χ1) is 8.79. The fourth-order valence-corrected chi connectivity index (χ4v) is 2.24. The van der Waals surface area contributed by atoms with E-state index in [2.05, 4.69) is 9.97 Å². The summed E-state index contributed by atoms with van der Waals surface area (Å²) >= 11 is 0. The van der Waals surface area contributed by atoms with Crippen LogP contribution in [0.25, 0.3) is 11.0 Å². The van der Waals surface area contributed by atoms with Crippen molar-refractivity contribution in [2.45, 2.75) is 19.8 Å². The summed E-state index contributed by atoms with van der Waals surface area (Å²) in [6.45, 7) is 2.03. The van der Waals surface area contributed by atoms with Crippen LogP contribution in [0.15, 0.2) is 35.2 Å². The van der Waals surface area contributed by atoms with Crippen LogP contribution >= 0.6 is 0 Å². The van der Waals surface area contributed by atoms with Crippen LogP contribution in [-0.2, 0) is 12.8 Å². The third-order valence-electron chi connectivity index (χ3n) is 3.13. The Morgan fingerprint density at radius 1 is 1.33 bits per heavy atom. The molecule has 3 aromatic rings. The zero-order valence-corrected chi connectivity index (χ0v) is 10.0. The summed E-state index contributed by atoms with van der Waals surface area (Å²) in [5.41, 5.74) is 2.41. The lowest BCUT2D eigenvalue weighted by molar-refractivity contribution is 0.558. The van der Waals surface area contributed by atoms with Crippen molar-refractivity contribution in [1.29, 1.82) is 0 Å². The predicted molar refractivity (Wildman–Crippen MR) is 66.9 cm³/mol. The van der Waals surface area contributed by atoms with Gasteiger partial charge in [0.2, 0.25) is 0 Å². The number of nitrogens with one attached hydrogen (secondary N) is 1. The van der Waals surface area contributed by atoms with Crippen LogP contribution in [0.4, 0.5) is 4.39 Å². The third kappa shape index (κ3) is 1.70. The van der Waals surface area contributed by atoms with Crippen LogP contribution in [0.2, 0.25) is 0 Å². The van der Waals surface area contributed by atoms with Crippen LogP contribution < -0.4 is 0 Å². The zero-order chi connectivity index (χ0) is 12.5. The summed E-state index contributed by atoms with van der Waals surface area (Å²) in [5.74, 6) is 0.555. The molecule has 0 aliphatic heterocycles. The molecule has 1 N–H and O–H groups in total. The monoisotopic (exact) mass is 244 g/mol. The summed E-state index contributed by atoms with van der Waals surface area (Å²) in [6, 6.07) is 3.25. The van der Waals surface area contributed by atoms with E-state index in [-0.39, 0.29) is 5.82 Å². The molecule has 2 heterocycles. The highest BCUT2D eigenvalue weighted by Gasteiger charge is 2.14. The van der Waals surface area contributed by atoms with E-state index < -0.39 is 0 Å². The van der Waals surface area contributed by atoms with Gasteiger partial charge in [-0.2, -0.15) is 0 Å². The fraction of sp³-hybridized carbons (Fsp3) is 0.214. The van der Waals surface area contributed by atoms with Gasteiger partial charge < -0.3 is 9.40 Å². The molecular formula is C14H13FN2O. The maximum atomic E-state index is 13.7. The van der Waals surface area contributed by atoms with Gasteiger partial charge in [0.1, 0.15) is 5.82 Å². The Morgan fingerprint density at radius 3 is 2.94 bits per heavy atom. The second kappa shape index (κ2) is 4.29. The van der Waals surface area contributed by atoms with Gasteiger partial charge >= 0.3 is 0 Å². The molecule has 0 fully saturated rings. The summed E-state index contributed by atoms with van der Waals surface area (Å²) in [4.78, 5) is 7.26. The molecule has 3 rings (SSSR count). The van der Waals surface area contributed by atoms with Crippen LogP contribution in [0.5, 0.6) is 0 Å². The van der Waals surface area contributed by atoms with E-state index >= 15 is 0 Å². The Morgan fingerprint density at radius 2 is 2.22 bits per heavy atom. The quantitative estimate of drug-likeness (QED) is 0.766. The van der Waals surface area contributed by atoms with Gasteiger partial charge in [0.15, 0.2) is 11.4 Å². The highest BCUT2D eigenvalue weighted by atomic mass is 19.1. The van der Waals surface area contributed by atoms with Crippen molar-refractivity contribution < 1.29 is 8.81 Å². The van der Waals surface area contributed by atoms with E-state index in [9.17, 15) is 4.39 Å². The molecule has 0 saturated carbocycles. The molecule has 0 aliphatic carbocycles. The third-order valence-corrected chi connectivity index (χ3v) is 3.13. The average molecular weight is 244 g/mol. The summed E-state index contributed by atoms with van der Waals surface area (Å²) in [6.07, 6.45) is 6.61.